The maximum atomic E-state index is 14.0. The predicted molar refractivity (Wildman–Crippen MR) is 108 cm³/mol. The fourth-order valence-electron chi connectivity index (χ4n) is 3.01. The van der Waals surface area contributed by atoms with Gasteiger partial charge in [0.25, 0.3) is 5.91 Å². The van der Waals surface area contributed by atoms with Gasteiger partial charge in [-0.3, -0.25) is 10.1 Å². The summed E-state index contributed by atoms with van der Waals surface area (Å²) >= 11 is 1.29. The number of hydrogen-bond acceptors (Lipinski definition) is 6. The Hall–Kier alpha value is -3.59. The van der Waals surface area contributed by atoms with E-state index in [4.69, 9.17) is 9.15 Å². The van der Waals surface area contributed by atoms with Gasteiger partial charge in [0.1, 0.15) is 28.0 Å². The molecule has 30 heavy (non-hydrogen) atoms. The van der Waals surface area contributed by atoms with Crippen LogP contribution in [0.15, 0.2) is 46.9 Å². The molecule has 1 amide bonds. The highest BCUT2D eigenvalue weighted by Crippen LogP contribution is 2.40. The van der Waals surface area contributed by atoms with E-state index >= 15 is 0 Å². The normalized spacial score (nSPS) is 10.9. The topological polar surface area (TPSA) is 81.4 Å². The largest absolute Gasteiger partial charge is 0.465 e. The van der Waals surface area contributed by atoms with Crippen molar-refractivity contribution in [3.63, 3.8) is 0 Å². The third-order valence-corrected chi connectivity index (χ3v) is 5.44. The molecule has 0 bridgehead atoms. The molecule has 2 aromatic heterocycles. The molecule has 6 nitrogen and oxygen atoms in total. The first-order valence-electron chi connectivity index (χ1n) is 8.73. The van der Waals surface area contributed by atoms with E-state index in [0.29, 0.717) is 16.6 Å². The number of amides is 1. The third kappa shape index (κ3) is 3.43. The van der Waals surface area contributed by atoms with Crippen molar-refractivity contribution in [2.24, 2.45) is 0 Å². The van der Waals surface area contributed by atoms with E-state index < -0.39 is 23.5 Å². The summed E-state index contributed by atoms with van der Waals surface area (Å²) in [7, 11) is 1.23. The molecule has 0 aliphatic heterocycles. The smallest absolute Gasteiger partial charge is 0.342 e. The Balaban J connectivity index is 1.83. The molecule has 2 heterocycles. The molecular weight excluding hydrogens is 414 g/mol. The number of anilines is 1. The number of ether oxygens (including phenoxy) is 1. The van der Waals surface area contributed by atoms with Crippen LogP contribution in [0.3, 0.4) is 0 Å². The number of furan rings is 1. The minimum Gasteiger partial charge on any atom is -0.465 e. The van der Waals surface area contributed by atoms with Crippen molar-refractivity contribution in [1.82, 2.24) is 4.98 Å². The summed E-state index contributed by atoms with van der Waals surface area (Å²) < 4.78 is 38.5. The summed E-state index contributed by atoms with van der Waals surface area (Å²) in [5.74, 6) is -3.24. The second-order valence-electron chi connectivity index (χ2n) is 6.29. The fraction of sp³-hybridized carbons (Fsp3) is 0.0952. The Morgan fingerprint density at radius 2 is 1.93 bits per heavy atom. The number of benzene rings is 2. The summed E-state index contributed by atoms with van der Waals surface area (Å²) in [5.41, 5.74) is 0.664. The van der Waals surface area contributed by atoms with Crippen molar-refractivity contribution in [2.75, 3.05) is 12.4 Å². The average molecular weight is 428 g/mol. The standard InChI is InChI=1S/C21H14F2N2O4S/c1-10-16(21(27)28-2)17(20-24-14-5-3-4-6-15(14)30-20)19(29-10)25-18(26)12-8-7-11(22)9-13(12)23/h3-9H,1-2H3,(H,25,26). The lowest BCUT2D eigenvalue weighted by atomic mass is 10.1. The molecule has 2 aromatic carbocycles. The zero-order chi connectivity index (χ0) is 21.4. The van der Waals surface area contributed by atoms with Gasteiger partial charge in [-0.05, 0) is 31.2 Å². The molecule has 1 N–H and O–H groups in total. The van der Waals surface area contributed by atoms with Gasteiger partial charge in [0.15, 0.2) is 0 Å². The van der Waals surface area contributed by atoms with Crippen LogP contribution in [0.1, 0.15) is 26.5 Å². The van der Waals surface area contributed by atoms with Gasteiger partial charge >= 0.3 is 5.97 Å². The summed E-state index contributed by atoms with van der Waals surface area (Å²) in [6, 6.07) is 9.96. The lowest BCUT2D eigenvalue weighted by molar-refractivity contribution is 0.0599. The van der Waals surface area contributed by atoms with Crippen LogP contribution < -0.4 is 5.32 Å². The number of thiazole rings is 1. The van der Waals surface area contributed by atoms with Crippen molar-refractivity contribution < 1.29 is 27.5 Å². The number of hydrogen-bond donors (Lipinski definition) is 1. The summed E-state index contributed by atoms with van der Waals surface area (Å²) in [6.45, 7) is 1.54. The Morgan fingerprint density at radius 1 is 1.17 bits per heavy atom. The van der Waals surface area contributed by atoms with Gasteiger partial charge in [-0.15, -0.1) is 11.3 Å². The van der Waals surface area contributed by atoms with E-state index in [1.165, 1.54) is 25.4 Å². The predicted octanol–water partition coefficient (Wildman–Crippen LogP) is 5.18. The van der Waals surface area contributed by atoms with Crippen LogP contribution in [0.2, 0.25) is 0 Å². The zero-order valence-electron chi connectivity index (χ0n) is 15.8. The highest BCUT2D eigenvalue weighted by molar-refractivity contribution is 7.21. The molecule has 9 heteroatoms. The first-order chi connectivity index (χ1) is 14.4. The molecule has 0 fully saturated rings. The molecule has 152 valence electrons. The van der Waals surface area contributed by atoms with Gasteiger partial charge in [-0.25, -0.2) is 18.6 Å². The Morgan fingerprint density at radius 3 is 2.63 bits per heavy atom. The molecule has 0 unspecified atom stereocenters. The first kappa shape index (κ1) is 19.7. The monoisotopic (exact) mass is 428 g/mol. The summed E-state index contributed by atoms with van der Waals surface area (Å²) in [6.07, 6.45) is 0. The van der Waals surface area contributed by atoms with Crippen LogP contribution in [-0.4, -0.2) is 24.0 Å². The van der Waals surface area contributed by atoms with Crippen LogP contribution in [0.5, 0.6) is 0 Å². The van der Waals surface area contributed by atoms with Crippen LogP contribution in [0.4, 0.5) is 14.7 Å². The fourth-order valence-corrected chi connectivity index (χ4v) is 4.02. The molecule has 0 aliphatic rings. The number of aryl methyl sites for hydroxylation is 1. The highest BCUT2D eigenvalue weighted by Gasteiger charge is 2.29. The van der Waals surface area contributed by atoms with Gasteiger partial charge in [0, 0.05) is 6.07 Å². The molecule has 0 radical (unpaired) electrons. The Bertz CT molecular complexity index is 1260. The number of methoxy groups -OCH3 is 1. The van der Waals surface area contributed by atoms with E-state index in [2.05, 4.69) is 10.3 Å². The molecule has 0 atom stereocenters. The maximum Gasteiger partial charge on any atom is 0.342 e. The molecule has 4 rings (SSSR count). The molecule has 0 saturated heterocycles. The number of rotatable bonds is 4. The third-order valence-electron chi connectivity index (χ3n) is 4.38. The van der Waals surface area contributed by atoms with E-state index in [-0.39, 0.29) is 28.3 Å². The second kappa shape index (κ2) is 7.68. The first-order valence-corrected chi connectivity index (χ1v) is 9.54. The number of halogens is 2. The maximum absolute atomic E-state index is 14.0. The number of para-hydroxylation sites is 1. The van der Waals surface area contributed by atoms with Crippen molar-refractivity contribution >= 4 is 39.3 Å². The van der Waals surface area contributed by atoms with Crippen LogP contribution in [-0.2, 0) is 4.74 Å². The number of nitrogens with one attached hydrogen (secondary N) is 1. The molecule has 0 aliphatic carbocycles. The SMILES string of the molecule is COC(=O)c1c(C)oc(NC(=O)c2ccc(F)cc2F)c1-c1nc2ccccc2s1. The molecule has 0 spiro atoms. The van der Waals surface area contributed by atoms with Gasteiger partial charge in [-0.1, -0.05) is 12.1 Å². The number of carbonyl (C=O) groups excluding carboxylic acids is 2. The van der Waals surface area contributed by atoms with E-state index in [0.717, 1.165) is 16.8 Å². The van der Waals surface area contributed by atoms with E-state index in [1.807, 2.05) is 24.3 Å². The zero-order valence-corrected chi connectivity index (χ0v) is 16.6. The molecule has 0 saturated carbocycles. The number of aromatic nitrogens is 1. The van der Waals surface area contributed by atoms with Crippen molar-refractivity contribution in [3.05, 3.63) is 71.0 Å². The van der Waals surface area contributed by atoms with Gasteiger partial charge in [0.2, 0.25) is 5.88 Å². The minimum absolute atomic E-state index is 0.0827. The van der Waals surface area contributed by atoms with E-state index in [9.17, 15) is 18.4 Å². The number of fused-ring (bicyclic) bond motifs is 1. The minimum atomic E-state index is -1.02. The summed E-state index contributed by atoms with van der Waals surface area (Å²) in [4.78, 5) is 29.5. The lowest BCUT2D eigenvalue weighted by Crippen LogP contribution is -2.14. The summed E-state index contributed by atoms with van der Waals surface area (Å²) in [5, 5.41) is 2.88. The van der Waals surface area contributed by atoms with Crippen LogP contribution >= 0.6 is 11.3 Å². The molecular formula is C21H14F2N2O4S. The van der Waals surface area contributed by atoms with Crippen molar-refractivity contribution in [2.45, 2.75) is 6.92 Å². The average Bonchev–Trinajstić information content (AvgIpc) is 3.27. The van der Waals surface area contributed by atoms with Crippen molar-refractivity contribution in [3.8, 4) is 10.6 Å². The number of esters is 1. The van der Waals surface area contributed by atoms with E-state index in [1.54, 1.807) is 0 Å². The lowest BCUT2D eigenvalue weighted by Gasteiger charge is -2.06. The number of carbonyl (C=O) groups is 2. The van der Waals surface area contributed by atoms with Crippen LogP contribution in [0, 0.1) is 18.6 Å². The van der Waals surface area contributed by atoms with Gasteiger partial charge in [0.05, 0.1) is 28.5 Å². The van der Waals surface area contributed by atoms with Gasteiger partial charge < -0.3 is 9.15 Å². The number of nitrogens with zero attached hydrogens (tertiary/aromatic N) is 1. The quantitative estimate of drug-likeness (QED) is 0.453. The van der Waals surface area contributed by atoms with Crippen LogP contribution in [0.25, 0.3) is 20.8 Å². The van der Waals surface area contributed by atoms with Gasteiger partial charge in [-0.2, -0.15) is 0 Å². The second-order valence-corrected chi connectivity index (χ2v) is 7.32. The Labute approximate surface area is 173 Å². The highest BCUT2D eigenvalue weighted by atomic mass is 32.1. The Kier molecular flexibility index (Phi) is 5.04. The molecule has 4 aromatic rings. The van der Waals surface area contributed by atoms with Crippen molar-refractivity contribution in [1.29, 1.82) is 0 Å².